The van der Waals surface area contributed by atoms with Gasteiger partial charge in [-0.1, -0.05) is 18.5 Å². The maximum Gasteiger partial charge on any atom is 0.0656 e. The maximum absolute atomic E-state index is 6.04. The highest BCUT2D eigenvalue weighted by Gasteiger charge is 2.09. The summed E-state index contributed by atoms with van der Waals surface area (Å²) in [6.07, 6.45) is 1.13. The molecule has 0 saturated carbocycles. The number of benzene rings is 1. The topological polar surface area (TPSA) is 29.3 Å². The molecule has 3 heteroatoms. The first-order valence-electron chi connectivity index (χ1n) is 5.40. The van der Waals surface area contributed by atoms with Crippen LogP contribution in [-0.2, 0) is 0 Å². The van der Waals surface area contributed by atoms with Crippen molar-refractivity contribution in [2.75, 3.05) is 23.7 Å². The molecule has 15 heavy (non-hydrogen) atoms. The molecule has 0 aliphatic rings. The minimum atomic E-state index is 0.644. The van der Waals surface area contributed by atoms with Gasteiger partial charge in [0, 0.05) is 18.8 Å². The lowest BCUT2D eigenvalue weighted by Gasteiger charge is -2.25. The van der Waals surface area contributed by atoms with Crippen LogP contribution in [0.25, 0.3) is 0 Å². The molecule has 0 fully saturated rings. The van der Waals surface area contributed by atoms with Crippen molar-refractivity contribution in [2.24, 2.45) is 0 Å². The number of nitrogen functional groups attached to an aromatic ring is 1. The Kier molecular flexibility index (Phi) is 4.28. The van der Waals surface area contributed by atoms with Crippen LogP contribution < -0.4 is 10.6 Å². The van der Waals surface area contributed by atoms with Crippen LogP contribution in [0, 0.1) is 6.92 Å². The van der Waals surface area contributed by atoms with Crippen molar-refractivity contribution in [3.63, 3.8) is 0 Å². The van der Waals surface area contributed by atoms with Crippen LogP contribution >= 0.6 is 11.6 Å². The lowest BCUT2D eigenvalue weighted by Crippen LogP contribution is -2.24. The van der Waals surface area contributed by atoms with Gasteiger partial charge in [-0.25, -0.2) is 0 Å². The van der Waals surface area contributed by atoms with Gasteiger partial charge in [0.1, 0.15) is 0 Å². The monoisotopic (exact) mass is 226 g/mol. The Morgan fingerprint density at radius 1 is 1.33 bits per heavy atom. The summed E-state index contributed by atoms with van der Waals surface area (Å²) in [5.74, 6) is 0. The van der Waals surface area contributed by atoms with E-state index in [0.717, 1.165) is 19.5 Å². The number of halogens is 1. The average Bonchev–Trinajstić information content (AvgIpc) is 2.20. The molecule has 0 amide bonds. The Labute approximate surface area is 97.0 Å². The smallest absolute Gasteiger partial charge is 0.0656 e. The predicted molar refractivity (Wildman–Crippen MR) is 68.8 cm³/mol. The van der Waals surface area contributed by atoms with E-state index in [4.69, 9.17) is 17.3 Å². The predicted octanol–water partition coefficient (Wildman–Crippen LogP) is 3.47. The zero-order chi connectivity index (χ0) is 11.4. The molecular weight excluding hydrogens is 208 g/mol. The van der Waals surface area contributed by atoms with Crippen LogP contribution in [0.4, 0.5) is 11.4 Å². The van der Waals surface area contributed by atoms with Crippen LogP contribution in [0.5, 0.6) is 0 Å². The molecule has 2 N–H and O–H groups in total. The summed E-state index contributed by atoms with van der Waals surface area (Å²) >= 11 is 6.04. The molecule has 0 aromatic heterocycles. The summed E-state index contributed by atoms with van der Waals surface area (Å²) in [6.45, 7) is 8.45. The molecule has 0 aliphatic carbocycles. The van der Waals surface area contributed by atoms with Crippen LogP contribution in [0.3, 0.4) is 0 Å². The normalized spacial score (nSPS) is 10.4. The zero-order valence-electron chi connectivity index (χ0n) is 9.68. The molecule has 0 atom stereocenters. The third-order valence-electron chi connectivity index (χ3n) is 2.53. The molecule has 0 aliphatic heterocycles. The summed E-state index contributed by atoms with van der Waals surface area (Å²) in [5.41, 5.74) is 8.79. The zero-order valence-corrected chi connectivity index (χ0v) is 10.4. The van der Waals surface area contributed by atoms with Gasteiger partial charge in [-0.3, -0.25) is 0 Å². The van der Waals surface area contributed by atoms with Gasteiger partial charge in [0.05, 0.1) is 10.7 Å². The van der Waals surface area contributed by atoms with Crippen molar-refractivity contribution in [3.8, 4) is 0 Å². The van der Waals surface area contributed by atoms with Gasteiger partial charge in [0.25, 0.3) is 0 Å². The summed E-state index contributed by atoms with van der Waals surface area (Å²) in [7, 11) is 0. The second kappa shape index (κ2) is 5.26. The van der Waals surface area contributed by atoms with Crippen LogP contribution in [-0.4, -0.2) is 13.1 Å². The van der Waals surface area contributed by atoms with Crippen LogP contribution in [0.2, 0.25) is 5.02 Å². The maximum atomic E-state index is 6.04. The standard InChI is InChI=1S/C12H19ClN2/c1-4-6-15(5-2)12-8-10(13)11(14)7-9(12)3/h7-8H,4-6,14H2,1-3H3. The van der Waals surface area contributed by atoms with Gasteiger partial charge in [-0.2, -0.15) is 0 Å². The molecule has 0 radical (unpaired) electrons. The molecule has 0 heterocycles. The van der Waals surface area contributed by atoms with Crippen molar-refractivity contribution in [1.82, 2.24) is 0 Å². The van der Waals surface area contributed by atoms with Gasteiger partial charge in [0.2, 0.25) is 0 Å². The van der Waals surface area contributed by atoms with Crippen molar-refractivity contribution in [3.05, 3.63) is 22.7 Å². The van der Waals surface area contributed by atoms with E-state index >= 15 is 0 Å². The minimum Gasteiger partial charge on any atom is -0.398 e. The van der Waals surface area contributed by atoms with E-state index < -0.39 is 0 Å². The molecule has 1 aromatic carbocycles. The Balaban J connectivity index is 3.06. The first-order chi connectivity index (χ1) is 7.10. The Bertz CT molecular complexity index is 337. The van der Waals surface area contributed by atoms with Gasteiger partial charge in [-0.05, 0) is 38.0 Å². The van der Waals surface area contributed by atoms with Gasteiger partial charge < -0.3 is 10.6 Å². The fourth-order valence-electron chi connectivity index (χ4n) is 1.75. The number of aryl methyl sites for hydroxylation is 1. The number of rotatable bonds is 4. The number of anilines is 2. The van der Waals surface area contributed by atoms with E-state index in [1.54, 1.807) is 0 Å². The second-order valence-electron chi connectivity index (χ2n) is 3.74. The summed E-state index contributed by atoms with van der Waals surface area (Å²) in [5, 5.41) is 0.644. The van der Waals surface area contributed by atoms with E-state index in [2.05, 4.69) is 25.7 Å². The first kappa shape index (κ1) is 12.2. The Morgan fingerprint density at radius 3 is 2.53 bits per heavy atom. The van der Waals surface area contributed by atoms with E-state index in [1.807, 2.05) is 12.1 Å². The highest BCUT2D eigenvalue weighted by molar-refractivity contribution is 6.33. The fourth-order valence-corrected chi connectivity index (χ4v) is 1.91. The molecule has 0 spiro atoms. The average molecular weight is 227 g/mol. The summed E-state index contributed by atoms with van der Waals surface area (Å²) in [6, 6.07) is 3.90. The van der Waals surface area contributed by atoms with E-state index in [1.165, 1.54) is 11.3 Å². The third-order valence-corrected chi connectivity index (χ3v) is 2.86. The van der Waals surface area contributed by atoms with E-state index in [9.17, 15) is 0 Å². The molecule has 0 unspecified atom stereocenters. The molecule has 84 valence electrons. The highest BCUT2D eigenvalue weighted by Crippen LogP contribution is 2.29. The van der Waals surface area contributed by atoms with Crippen molar-refractivity contribution in [2.45, 2.75) is 27.2 Å². The quantitative estimate of drug-likeness (QED) is 0.797. The molecule has 2 nitrogen and oxygen atoms in total. The van der Waals surface area contributed by atoms with Crippen molar-refractivity contribution < 1.29 is 0 Å². The van der Waals surface area contributed by atoms with Crippen molar-refractivity contribution >= 4 is 23.0 Å². The SMILES string of the molecule is CCCN(CC)c1cc(Cl)c(N)cc1C. The van der Waals surface area contributed by atoms with Crippen molar-refractivity contribution in [1.29, 1.82) is 0 Å². The number of nitrogens with zero attached hydrogens (tertiary/aromatic N) is 1. The van der Waals surface area contributed by atoms with Gasteiger partial charge in [-0.15, -0.1) is 0 Å². The minimum absolute atomic E-state index is 0.644. The Hall–Kier alpha value is -0.890. The lowest BCUT2D eigenvalue weighted by molar-refractivity contribution is 0.789. The van der Waals surface area contributed by atoms with Crippen LogP contribution in [0.1, 0.15) is 25.8 Å². The fraction of sp³-hybridized carbons (Fsp3) is 0.500. The highest BCUT2D eigenvalue weighted by atomic mass is 35.5. The molecule has 1 aromatic rings. The summed E-state index contributed by atoms with van der Waals surface area (Å²) in [4.78, 5) is 2.32. The van der Waals surface area contributed by atoms with Gasteiger partial charge >= 0.3 is 0 Å². The summed E-state index contributed by atoms with van der Waals surface area (Å²) < 4.78 is 0. The van der Waals surface area contributed by atoms with Crippen LogP contribution in [0.15, 0.2) is 12.1 Å². The molecule has 1 rings (SSSR count). The first-order valence-corrected chi connectivity index (χ1v) is 5.78. The third kappa shape index (κ3) is 2.78. The van der Waals surface area contributed by atoms with E-state index in [0.29, 0.717) is 10.7 Å². The molecule has 0 bridgehead atoms. The van der Waals surface area contributed by atoms with Gasteiger partial charge in [0.15, 0.2) is 0 Å². The Morgan fingerprint density at radius 2 is 2.00 bits per heavy atom. The number of hydrogen-bond acceptors (Lipinski definition) is 2. The lowest BCUT2D eigenvalue weighted by atomic mass is 10.1. The number of nitrogens with two attached hydrogens (primary N) is 1. The van der Waals surface area contributed by atoms with E-state index in [-0.39, 0.29) is 0 Å². The molecule has 0 saturated heterocycles. The second-order valence-corrected chi connectivity index (χ2v) is 4.15. The largest absolute Gasteiger partial charge is 0.398 e. The number of hydrogen-bond donors (Lipinski definition) is 1. The molecular formula is C12H19ClN2.